The Bertz CT molecular complexity index is 622. The maximum atomic E-state index is 12.3. The van der Waals surface area contributed by atoms with Crippen molar-refractivity contribution in [3.8, 4) is 0 Å². The van der Waals surface area contributed by atoms with Gasteiger partial charge < -0.3 is 5.32 Å². The lowest BCUT2D eigenvalue weighted by atomic mass is 10.1. The highest BCUT2D eigenvalue weighted by atomic mass is 35.5. The fourth-order valence-electron chi connectivity index (χ4n) is 2.53. The average Bonchev–Trinajstić information content (AvgIpc) is 2.94. The summed E-state index contributed by atoms with van der Waals surface area (Å²) >= 11 is 7.85. The maximum absolute atomic E-state index is 12.3. The second-order valence-electron chi connectivity index (χ2n) is 4.80. The Labute approximate surface area is 121 Å². The largest absolute Gasteiger partial charge is 0.343 e. The number of carbonyl (C=O) groups is 1. The van der Waals surface area contributed by atoms with Crippen LogP contribution in [0.4, 0.5) is 0 Å². The summed E-state index contributed by atoms with van der Waals surface area (Å²) in [5.41, 5.74) is 3.39. The van der Waals surface area contributed by atoms with Crippen LogP contribution in [0.5, 0.6) is 0 Å². The number of hydrogen-bond donors (Lipinski definition) is 1. The zero-order valence-corrected chi connectivity index (χ0v) is 12.1. The topological polar surface area (TPSA) is 29.1 Å². The molecule has 0 fully saturated rings. The van der Waals surface area contributed by atoms with E-state index in [1.54, 1.807) is 0 Å². The van der Waals surface area contributed by atoms with Crippen molar-refractivity contribution in [3.63, 3.8) is 0 Å². The van der Waals surface area contributed by atoms with Crippen LogP contribution >= 0.6 is 22.9 Å². The van der Waals surface area contributed by atoms with Gasteiger partial charge in [0.2, 0.25) is 0 Å². The minimum absolute atomic E-state index is 0.0279. The highest BCUT2D eigenvalue weighted by Crippen LogP contribution is 2.35. The second-order valence-corrected chi connectivity index (χ2v) is 6.28. The lowest BCUT2D eigenvalue weighted by Crippen LogP contribution is -2.31. The molecule has 2 nitrogen and oxygen atoms in total. The smallest absolute Gasteiger partial charge is 0.262 e. The summed E-state index contributed by atoms with van der Waals surface area (Å²) < 4.78 is 0. The number of fused-ring (bicyclic) bond motifs is 1. The number of nitrogens with one attached hydrogen (secondary N) is 1. The van der Waals surface area contributed by atoms with Gasteiger partial charge >= 0.3 is 0 Å². The van der Waals surface area contributed by atoms with E-state index in [0.717, 1.165) is 22.4 Å². The molecular weight excluding hydrogens is 278 g/mol. The van der Waals surface area contributed by atoms with Gasteiger partial charge in [0.05, 0.1) is 16.3 Å². The first kappa shape index (κ1) is 12.7. The Balaban J connectivity index is 1.84. The molecule has 0 radical (unpaired) electrons. The SMILES string of the molecule is Cc1ccsc1C(=O)NC1c2ccccc2CC1Cl. The van der Waals surface area contributed by atoms with Gasteiger partial charge in [0.25, 0.3) is 5.91 Å². The summed E-state index contributed by atoms with van der Waals surface area (Å²) in [5, 5.41) is 4.94. The minimum Gasteiger partial charge on any atom is -0.343 e. The number of rotatable bonds is 2. The van der Waals surface area contributed by atoms with E-state index in [0.29, 0.717) is 0 Å². The molecule has 1 aliphatic rings. The summed E-state index contributed by atoms with van der Waals surface area (Å²) in [6.45, 7) is 1.95. The van der Waals surface area contributed by atoms with E-state index in [2.05, 4.69) is 11.4 Å². The number of amides is 1. The van der Waals surface area contributed by atoms with Gasteiger partial charge in [-0.05, 0) is 41.5 Å². The van der Waals surface area contributed by atoms with Crippen molar-refractivity contribution in [2.24, 2.45) is 0 Å². The monoisotopic (exact) mass is 291 g/mol. The van der Waals surface area contributed by atoms with E-state index < -0.39 is 0 Å². The van der Waals surface area contributed by atoms with Crippen LogP contribution in [0.25, 0.3) is 0 Å². The van der Waals surface area contributed by atoms with Gasteiger partial charge in [-0.25, -0.2) is 0 Å². The van der Waals surface area contributed by atoms with Crippen LogP contribution in [-0.4, -0.2) is 11.3 Å². The van der Waals surface area contributed by atoms with Gasteiger partial charge in [0.1, 0.15) is 0 Å². The highest BCUT2D eigenvalue weighted by molar-refractivity contribution is 7.12. The summed E-state index contributed by atoms with van der Waals surface area (Å²) in [7, 11) is 0. The number of benzene rings is 1. The van der Waals surface area contributed by atoms with E-state index >= 15 is 0 Å². The molecule has 98 valence electrons. The van der Waals surface area contributed by atoms with Gasteiger partial charge in [-0.1, -0.05) is 24.3 Å². The lowest BCUT2D eigenvalue weighted by Gasteiger charge is -2.17. The molecule has 3 rings (SSSR count). The molecule has 0 saturated carbocycles. The van der Waals surface area contributed by atoms with Crippen LogP contribution in [0.2, 0.25) is 0 Å². The molecule has 0 saturated heterocycles. The zero-order chi connectivity index (χ0) is 13.4. The van der Waals surface area contributed by atoms with Crippen LogP contribution in [0, 0.1) is 6.92 Å². The molecule has 2 atom stereocenters. The standard InChI is InChI=1S/C15H14ClNOS/c1-9-6-7-19-14(9)15(18)17-13-11-5-3-2-4-10(11)8-12(13)16/h2-7,12-13H,8H2,1H3,(H,17,18). The quantitative estimate of drug-likeness (QED) is 0.840. The fourth-order valence-corrected chi connectivity index (χ4v) is 3.72. The third-order valence-electron chi connectivity index (χ3n) is 3.52. The van der Waals surface area contributed by atoms with Gasteiger partial charge in [0.15, 0.2) is 0 Å². The molecule has 2 aromatic rings. The Hall–Kier alpha value is -1.32. The summed E-state index contributed by atoms with van der Waals surface area (Å²) in [6.07, 6.45) is 0.812. The van der Waals surface area contributed by atoms with E-state index in [9.17, 15) is 4.79 Å². The van der Waals surface area contributed by atoms with Crippen LogP contribution in [0.15, 0.2) is 35.7 Å². The van der Waals surface area contributed by atoms with Gasteiger partial charge in [-0.3, -0.25) is 4.79 Å². The number of halogens is 1. The first-order chi connectivity index (χ1) is 9.16. The van der Waals surface area contributed by atoms with Crippen molar-refractivity contribution in [1.82, 2.24) is 5.32 Å². The Morgan fingerprint density at radius 1 is 1.37 bits per heavy atom. The molecule has 0 bridgehead atoms. The van der Waals surface area contributed by atoms with E-state index in [4.69, 9.17) is 11.6 Å². The molecule has 1 amide bonds. The number of aryl methyl sites for hydroxylation is 1. The van der Waals surface area contributed by atoms with Crippen molar-refractivity contribution < 1.29 is 4.79 Å². The predicted molar refractivity (Wildman–Crippen MR) is 79.1 cm³/mol. The minimum atomic E-state index is -0.0909. The average molecular weight is 292 g/mol. The Kier molecular flexibility index (Phi) is 3.33. The van der Waals surface area contributed by atoms with E-state index in [-0.39, 0.29) is 17.3 Å². The molecule has 0 spiro atoms. The van der Waals surface area contributed by atoms with Gasteiger partial charge in [-0.2, -0.15) is 0 Å². The van der Waals surface area contributed by atoms with Crippen molar-refractivity contribution >= 4 is 28.8 Å². The summed E-state index contributed by atoms with van der Waals surface area (Å²) in [5.74, 6) is -0.0279. The lowest BCUT2D eigenvalue weighted by molar-refractivity contribution is 0.0941. The van der Waals surface area contributed by atoms with Gasteiger partial charge in [0, 0.05) is 0 Å². The number of carbonyl (C=O) groups excluding carboxylic acids is 1. The first-order valence-electron chi connectivity index (χ1n) is 6.23. The van der Waals surface area contributed by atoms with Crippen molar-refractivity contribution in [1.29, 1.82) is 0 Å². The number of hydrogen-bond acceptors (Lipinski definition) is 2. The third-order valence-corrected chi connectivity index (χ3v) is 4.94. The molecule has 1 aromatic heterocycles. The summed E-state index contributed by atoms with van der Waals surface area (Å²) in [4.78, 5) is 13.1. The molecule has 1 N–H and O–H groups in total. The highest BCUT2D eigenvalue weighted by Gasteiger charge is 2.32. The van der Waals surface area contributed by atoms with Crippen molar-refractivity contribution in [3.05, 3.63) is 57.3 Å². The second kappa shape index (κ2) is 4.99. The Morgan fingerprint density at radius 2 is 2.16 bits per heavy atom. The fraction of sp³-hybridized carbons (Fsp3) is 0.267. The third kappa shape index (κ3) is 2.28. The van der Waals surface area contributed by atoms with Crippen LogP contribution in [0.1, 0.15) is 32.4 Å². The van der Waals surface area contributed by atoms with Crippen LogP contribution in [-0.2, 0) is 6.42 Å². The predicted octanol–water partition coefficient (Wildman–Crippen LogP) is 3.69. The Morgan fingerprint density at radius 3 is 2.89 bits per heavy atom. The molecule has 1 aromatic carbocycles. The molecule has 0 aliphatic heterocycles. The molecule has 1 aliphatic carbocycles. The van der Waals surface area contributed by atoms with E-state index in [1.807, 2.05) is 36.6 Å². The van der Waals surface area contributed by atoms with Crippen molar-refractivity contribution in [2.45, 2.75) is 24.8 Å². The first-order valence-corrected chi connectivity index (χ1v) is 7.55. The van der Waals surface area contributed by atoms with Crippen molar-refractivity contribution in [2.75, 3.05) is 0 Å². The molecular formula is C15H14ClNOS. The number of alkyl halides is 1. The van der Waals surface area contributed by atoms with E-state index in [1.165, 1.54) is 16.9 Å². The number of thiophene rings is 1. The molecule has 4 heteroatoms. The zero-order valence-electron chi connectivity index (χ0n) is 10.5. The van der Waals surface area contributed by atoms with Crippen LogP contribution < -0.4 is 5.32 Å². The molecule has 2 unspecified atom stereocenters. The maximum Gasteiger partial charge on any atom is 0.262 e. The van der Waals surface area contributed by atoms with Crippen LogP contribution in [0.3, 0.4) is 0 Å². The molecule has 1 heterocycles. The summed E-state index contributed by atoms with van der Waals surface area (Å²) in [6, 6.07) is 9.99. The normalized spacial score (nSPS) is 21.2. The molecule has 19 heavy (non-hydrogen) atoms. The van der Waals surface area contributed by atoms with Gasteiger partial charge in [-0.15, -0.1) is 22.9 Å².